The molecule has 2 aliphatic heterocycles. The summed E-state index contributed by atoms with van der Waals surface area (Å²) < 4.78 is 4.53. The van der Waals surface area contributed by atoms with E-state index in [1.54, 1.807) is 0 Å². The van der Waals surface area contributed by atoms with Crippen LogP contribution in [0.5, 0.6) is 0 Å². The average Bonchev–Trinajstić information content (AvgIpc) is 3.19. The van der Waals surface area contributed by atoms with Crippen LogP contribution in [0, 0.1) is 0 Å². The van der Waals surface area contributed by atoms with E-state index in [9.17, 15) is 19.2 Å². The van der Waals surface area contributed by atoms with Gasteiger partial charge in [0.1, 0.15) is 0 Å². The number of carboxylic acid groups (broad SMARTS) is 1. The molecule has 0 spiro atoms. The third-order valence-corrected chi connectivity index (χ3v) is 6.33. The summed E-state index contributed by atoms with van der Waals surface area (Å²) in [6.45, 7) is -0.0238. The largest absolute Gasteiger partial charge is 0.479 e. The first-order valence-electron chi connectivity index (χ1n) is 9.78. The molecule has 9 nitrogen and oxygen atoms in total. The second-order valence-corrected chi connectivity index (χ2v) is 8.35. The van der Waals surface area contributed by atoms with Gasteiger partial charge in [0.25, 0.3) is 0 Å². The first-order chi connectivity index (χ1) is 13.5. The molecule has 2 heterocycles. The number of thioether (sulfide) groups is 1. The van der Waals surface area contributed by atoms with Gasteiger partial charge in [-0.1, -0.05) is 12.8 Å². The second kappa shape index (κ2) is 11.8. The van der Waals surface area contributed by atoms with Gasteiger partial charge >= 0.3 is 18.0 Å². The molecule has 0 unspecified atom stereocenters. The predicted octanol–water partition coefficient (Wildman–Crippen LogP) is 1.02. The molecule has 158 valence electrons. The zero-order valence-electron chi connectivity index (χ0n) is 15.9. The number of urea groups is 1. The van der Waals surface area contributed by atoms with Crippen LogP contribution in [-0.4, -0.2) is 65.2 Å². The third kappa shape index (κ3) is 7.95. The molecular weight excluding hydrogens is 386 g/mol. The van der Waals surface area contributed by atoms with E-state index in [1.165, 1.54) is 0 Å². The number of rotatable bonds is 13. The van der Waals surface area contributed by atoms with E-state index >= 15 is 0 Å². The number of amides is 3. The maximum Gasteiger partial charge on any atom is 0.341 e. The lowest BCUT2D eigenvalue weighted by molar-refractivity contribution is -0.155. The zero-order valence-corrected chi connectivity index (χ0v) is 16.7. The number of esters is 1. The summed E-state index contributed by atoms with van der Waals surface area (Å²) in [6.07, 6.45) is 5.63. The molecule has 0 bridgehead atoms. The van der Waals surface area contributed by atoms with E-state index in [4.69, 9.17) is 5.11 Å². The SMILES string of the molecule is O=C(O)COC(=O)CCCCCNC(=O)CCCC[C@@H]1SC[C@@H]2NC(=O)N[C@@H]21. The number of ether oxygens (including phenoxy) is 1. The van der Waals surface area contributed by atoms with E-state index in [2.05, 4.69) is 20.7 Å². The number of carbonyl (C=O) groups excluding carboxylic acids is 3. The number of nitrogens with one attached hydrogen (secondary N) is 3. The van der Waals surface area contributed by atoms with Crippen LogP contribution in [0.25, 0.3) is 0 Å². The highest BCUT2D eigenvalue weighted by Crippen LogP contribution is 2.33. The van der Waals surface area contributed by atoms with Crippen molar-refractivity contribution in [2.24, 2.45) is 0 Å². The number of carbonyl (C=O) groups is 4. The Bertz CT molecular complexity index is 574. The van der Waals surface area contributed by atoms with Crippen molar-refractivity contribution in [2.75, 3.05) is 18.9 Å². The van der Waals surface area contributed by atoms with Crippen molar-refractivity contribution in [3.8, 4) is 0 Å². The fourth-order valence-electron chi connectivity index (χ4n) is 3.38. The van der Waals surface area contributed by atoms with Gasteiger partial charge < -0.3 is 25.8 Å². The molecule has 0 radical (unpaired) electrons. The number of aliphatic carboxylic acids is 1. The van der Waals surface area contributed by atoms with Crippen molar-refractivity contribution in [3.63, 3.8) is 0 Å². The topological polar surface area (TPSA) is 134 Å². The molecule has 0 aromatic carbocycles. The highest BCUT2D eigenvalue weighted by molar-refractivity contribution is 8.00. The van der Waals surface area contributed by atoms with Gasteiger partial charge in [0.15, 0.2) is 6.61 Å². The molecule has 3 amide bonds. The van der Waals surface area contributed by atoms with Crippen LogP contribution in [0.3, 0.4) is 0 Å². The Morgan fingerprint density at radius 1 is 1.11 bits per heavy atom. The van der Waals surface area contributed by atoms with E-state index in [-0.39, 0.29) is 30.4 Å². The van der Waals surface area contributed by atoms with Gasteiger partial charge in [0.05, 0.1) is 12.1 Å². The monoisotopic (exact) mass is 415 g/mol. The van der Waals surface area contributed by atoms with Crippen LogP contribution < -0.4 is 16.0 Å². The fraction of sp³-hybridized carbons (Fsp3) is 0.778. The molecule has 2 rings (SSSR count). The Kier molecular flexibility index (Phi) is 9.39. The summed E-state index contributed by atoms with van der Waals surface area (Å²) in [6, 6.07) is 0.384. The third-order valence-electron chi connectivity index (χ3n) is 4.82. The Morgan fingerprint density at radius 2 is 1.89 bits per heavy atom. The molecule has 2 fully saturated rings. The lowest BCUT2D eigenvalue weighted by Crippen LogP contribution is -2.36. The molecule has 28 heavy (non-hydrogen) atoms. The van der Waals surface area contributed by atoms with Crippen LogP contribution >= 0.6 is 11.8 Å². The minimum absolute atomic E-state index is 0.0358. The molecule has 3 atom stereocenters. The molecule has 0 aromatic rings. The summed E-state index contributed by atoms with van der Waals surface area (Å²) in [5.74, 6) is -0.685. The quantitative estimate of drug-likeness (QED) is 0.200. The summed E-state index contributed by atoms with van der Waals surface area (Å²) in [7, 11) is 0. The summed E-state index contributed by atoms with van der Waals surface area (Å²) in [5.41, 5.74) is 0. The standard InChI is InChI=1S/C18H29N3O6S/c22-14(19-9-5-1-2-8-16(25)27-10-15(23)24)7-4-3-6-13-17-12(11-28-13)20-18(26)21-17/h12-13,17H,1-11H2,(H,19,22)(H,23,24)(H2,20,21,26)/t12-,13-,17-/m0/s1. The number of carboxylic acids is 1. The highest BCUT2D eigenvalue weighted by atomic mass is 32.2. The van der Waals surface area contributed by atoms with E-state index in [1.807, 2.05) is 11.8 Å². The van der Waals surface area contributed by atoms with E-state index < -0.39 is 18.5 Å². The number of hydrogen-bond donors (Lipinski definition) is 4. The second-order valence-electron chi connectivity index (χ2n) is 7.08. The lowest BCUT2D eigenvalue weighted by atomic mass is 10.0. The fourth-order valence-corrected chi connectivity index (χ4v) is 4.92. The number of unbranched alkanes of at least 4 members (excludes halogenated alkanes) is 3. The van der Waals surface area contributed by atoms with E-state index in [0.29, 0.717) is 24.6 Å². The summed E-state index contributed by atoms with van der Waals surface area (Å²) in [4.78, 5) is 44.7. The summed E-state index contributed by atoms with van der Waals surface area (Å²) >= 11 is 1.88. The Balaban J connectivity index is 1.41. The van der Waals surface area contributed by atoms with Gasteiger partial charge in [-0.05, 0) is 25.7 Å². The molecule has 2 aliphatic rings. The maximum absolute atomic E-state index is 11.8. The Morgan fingerprint density at radius 3 is 2.68 bits per heavy atom. The Hall–Kier alpha value is -1.97. The van der Waals surface area contributed by atoms with Gasteiger partial charge in [-0.25, -0.2) is 9.59 Å². The highest BCUT2D eigenvalue weighted by Gasteiger charge is 2.42. The maximum atomic E-state index is 11.8. The molecule has 0 aliphatic carbocycles. The van der Waals surface area contributed by atoms with Crippen LogP contribution in [-0.2, 0) is 19.1 Å². The molecule has 0 saturated carbocycles. The molecule has 10 heteroatoms. The van der Waals surface area contributed by atoms with Crippen molar-refractivity contribution >= 4 is 35.6 Å². The van der Waals surface area contributed by atoms with Gasteiger partial charge in [-0.15, -0.1) is 0 Å². The van der Waals surface area contributed by atoms with Gasteiger partial charge in [-0.3, -0.25) is 9.59 Å². The zero-order chi connectivity index (χ0) is 20.4. The van der Waals surface area contributed by atoms with Crippen molar-refractivity contribution in [3.05, 3.63) is 0 Å². The number of fused-ring (bicyclic) bond motifs is 1. The first-order valence-corrected chi connectivity index (χ1v) is 10.8. The molecule has 2 saturated heterocycles. The van der Waals surface area contributed by atoms with Crippen LogP contribution in [0.4, 0.5) is 4.79 Å². The lowest BCUT2D eigenvalue weighted by Gasteiger charge is -2.16. The van der Waals surface area contributed by atoms with Crippen molar-refractivity contribution in [2.45, 2.75) is 68.7 Å². The van der Waals surface area contributed by atoms with Gasteiger partial charge in [-0.2, -0.15) is 11.8 Å². The van der Waals surface area contributed by atoms with Crippen LogP contribution in [0.2, 0.25) is 0 Å². The average molecular weight is 416 g/mol. The molecule has 4 N–H and O–H groups in total. The summed E-state index contributed by atoms with van der Waals surface area (Å²) in [5, 5.41) is 17.6. The minimum Gasteiger partial charge on any atom is -0.479 e. The van der Waals surface area contributed by atoms with Crippen molar-refractivity contribution in [1.82, 2.24) is 16.0 Å². The van der Waals surface area contributed by atoms with E-state index in [0.717, 1.165) is 37.9 Å². The predicted molar refractivity (Wildman–Crippen MR) is 104 cm³/mol. The van der Waals surface area contributed by atoms with Gasteiger partial charge in [0.2, 0.25) is 5.91 Å². The number of hydrogen-bond acceptors (Lipinski definition) is 6. The normalized spacial score (nSPS) is 22.9. The molecule has 0 aromatic heterocycles. The van der Waals surface area contributed by atoms with Crippen LogP contribution in [0.1, 0.15) is 51.4 Å². The smallest absolute Gasteiger partial charge is 0.341 e. The minimum atomic E-state index is -1.16. The van der Waals surface area contributed by atoms with Crippen molar-refractivity contribution < 1.29 is 29.0 Å². The van der Waals surface area contributed by atoms with Gasteiger partial charge in [0, 0.05) is 30.4 Å². The van der Waals surface area contributed by atoms with Crippen LogP contribution in [0.15, 0.2) is 0 Å². The molecular formula is C18H29N3O6S. The van der Waals surface area contributed by atoms with Crippen molar-refractivity contribution in [1.29, 1.82) is 0 Å². The first kappa shape index (κ1) is 22.3. The Labute approximate surface area is 168 Å².